The van der Waals surface area contributed by atoms with E-state index in [4.69, 9.17) is 15.4 Å². The van der Waals surface area contributed by atoms with Crippen molar-refractivity contribution in [3.8, 4) is 0 Å². The lowest BCUT2D eigenvalue weighted by molar-refractivity contribution is -0.266. The minimum absolute atomic E-state index is 0.278. The molecule has 0 saturated carbocycles. The van der Waals surface area contributed by atoms with Gasteiger partial charge < -0.3 is 15.4 Å². The van der Waals surface area contributed by atoms with Gasteiger partial charge in [-0.1, -0.05) is 0 Å². The fraction of sp³-hybridized carbons (Fsp3) is 1.00. The van der Waals surface area contributed by atoms with Crippen molar-refractivity contribution in [3.63, 3.8) is 0 Å². The van der Waals surface area contributed by atoms with Crippen molar-refractivity contribution in [2.45, 2.75) is 6.41 Å². The molecule has 0 aliphatic heterocycles. The second kappa shape index (κ2) is 2.09. The Morgan fingerprint density at radius 1 is 1.50 bits per heavy atom. The van der Waals surface area contributed by atoms with E-state index in [-0.39, 0.29) is 5.06 Å². The monoisotopic (exact) mass is 93.0 g/mol. The Kier molecular flexibility index (Phi) is 2.04. The van der Waals surface area contributed by atoms with E-state index >= 15 is 0 Å². The topological polar surface area (TPSA) is 63.9 Å². The molecule has 4 nitrogen and oxygen atoms in total. The van der Waals surface area contributed by atoms with E-state index in [0.717, 1.165) is 7.05 Å². The van der Waals surface area contributed by atoms with E-state index in [9.17, 15) is 0 Å². The maximum atomic E-state index is 7.96. The Labute approximate surface area is 35.2 Å². The second-order valence-electron chi connectivity index (χ2n) is 0.920. The molecule has 0 rings (SSSR count). The molecule has 0 fully saturated rings. The van der Waals surface area contributed by atoms with Crippen LogP contribution in [0.5, 0.6) is 0 Å². The molecule has 0 unspecified atom stereocenters. The molecule has 0 aromatic rings. The summed E-state index contributed by atoms with van der Waals surface area (Å²) >= 11 is 0. The lowest BCUT2D eigenvalue weighted by Gasteiger charge is -2.07. The van der Waals surface area contributed by atoms with Crippen LogP contribution in [0.1, 0.15) is 0 Å². The number of hydrogen-bond acceptors (Lipinski definition) is 4. The van der Waals surface area contributed by atoms with Gasteiger partial charge in [-0.3, -0.25) is 0 Å². The largest absolute Gasteiger partial charge is 0.354 e. The van der Waals surface area contributed by atoms with E-state index in [2.05, 4.69) is 0 Å². The molecule has 6 heavy (non-hydrogen) atoms. The Balaban J connectivity index is 2.99. The lowest BCUT2D eigenvalue weighted by Crippen LogP contribution is -2.26. The van der Waals surface area contributed by atoms with Gasteiger partial charge in [0.15, 0.2) is 0 Å². The van der Waals surface area contributed by atoms with Crippen LogP contribution < -0.4 is 0 Å². The maximum Gasteiger partial charge on any atom is 0.235 e. The van der Waals surface area contributed by atoms with Gasteiger partial charge in [-0.15, -0.1) is 5.06 Å². The van der Waals surface area contributed by atoms with E-state index in [1.807, 2.05) is 0 Å². The quantitative estimate of drug-likeness (QED) is 0.275. The second-order valence-corrected chi connectivity index (χ2v) is 0.920. The van der Waals surface area contributed by atoms with Crippen molar-refractivity contribution in [1.29, 1.82) is 0 Å². The predicted molar refractivity (Wildman–Crippen MR) is 17.8 cm³/mol. The van der Waals surface area contributed by atoms with Crippen molar-refractivity contribution < 1.29 is 15.4 Å². The van der Waals surface area contributed by atoms with Gasteiger partial charge in [0.05, 0.1) is 0 Å². The summed E-state index contributed by atoms with van der Waals surface area (Å²) in [5, 5.41) is 24.0. The maximum absolute atomic E-state index is 7.96. The molecule has 0 bridgehead atoms. The van der Waals surface area contributed by atoms with Crippen LogP contribution in [0.15, 0.2) is 0 Å². The van der Waals surface area contributed by atoms with Gasteiger partial charge in [0.1, 0.15) is 0 Å². The highest BCUT2D eigenvalue weighted by molar-refractivity contribution is 4.13. The minimum Gasteiger partial charge on any atom is -0.354 e. The van der Waals surface area contributed by atoms with Crippen molar-refractivity contribution in [2.75, 3.05) is 7.05 Å². The van der Waals surface area contributed by atoms with Gasteiger partial charge in [-0.2, -0.15) is 0 Å². The Morgan fingerprint density at radius 2 is 1.67 bits per heavy atom. The Hall–Kier alpha value is -0.160. The first-order valence-corrected chi connectivity index (χ1v) is 1.42. The highest BCUT2D eigenvalue weighted by Gasteiger charge is 1.97. The van der Waals surface area contributed by atoms with E-state index in [1.165, 1.54) is 0 Å². The number of rotatable bonds is 1. The van der Waals surface area contributed by atoms with Gasteiger partial charge in [-0.05, 0) is 0 Å². The predicted octanol–water partition coefficient (Wildman–Crippen LogP) is -1.42. The molecule has 0 radical (unpaired) electrons. The summed E-state index contributed by atoms with van der Waals surface area (Å²) in [6.07, 6.45) is -1.76. The summed E-state index contributed by atoms with van der Waals surface area (Å²) in [4.78, 5) is 0. The zero-order valence-corrected chi connectivity index (χ0v) is 3.37. The zero-order valence-electron chi connectivity index (χ0n) is 3.37. The molecule has 0 aliphatic rings. The summed E-state index contributed by atoms with van der Waals surface area (Å²) in [7, 11) is 1.13. The standard InChI is InChI=1S/C2H7NO3/c1-3(6)2(4)5/h2,4-6H,1H3. The average Bonchev–Trinajstić information content (AvgIpc) is 1.36. The van der Waals surface area contributed by atoms with E-state index < -0.39 is 6.41 Å². The number of nitrogens with zero attached hydrogens (tertiary/aromatic N) is 1. The third-order valence-corrected chi connectivity index (χ3v) is 0.334. The van der Waals surface area contributed by atoms with E-state index in [1.54, 1.807) is 0 Å². The summed E-state index contributed by atoms with van der Waals surface area (Å²) < 4.78 is 0. The van der Waals surface area contributed by atoms with Crippen LogP contribution in [-0.2, 0) is 0 Å². The van der Waals surface area contributed by atoms with Gasteiger partial charge in [-0.25, -0.2) is 0 Å². The van der Waals surface area contributed by atoms with Gasteiger partial charge >= 0.3 is 0 Å². The highest BCUT2D eigenvalue weighted by atomic mass is 16.6. The highest BCUT2D eigenvalue weighted by Crippen LogP contribution is 1.74. The average molecular weight is 93.1 g/mol. The molecule has 0 atom stereocenters. The number of aliphatic hydroxyl groups excluding tert-OH is 1. The van der Waals surface area contributed by atoms with Crippen LogP contribution in [0.25, 0.3) is 0 Å². The summed E-state index contributed by atoms with van der Waals surface area (Å²) in [6, 6.07) is 0. The zero-order chi connectivity index (χ0) is 5.15. The number of aliphatic hydroxyl groups is 2. The van der Waals surface area contributed by atoms with E-state index in [0.29, 0.717) is 0 Å². The van der Waals surface area contributed by atoms with Crippen LogP contribution in [0.4, 0.5) is 0 Å². The van der Waals surface area contributed by atoms with Crippen LogP contribution in [0, 0.1) is 0 Å². The lowest BCUT2D eigenvalue weighted by atomic mass is 11.0. The normalized spacial score (nSPS) is 11.0. The summed E-state index contributed by atoms with van der Waals surface area (Å²) in [6.45, 7) is 0. The van der Waals surface area contributed by atoms with Crippen LogP contribution in [0.2, 0.25) is 0 Å². The van der Waals surface area contributed by atoms with Gasteiger partial charge in [0, 0.05) is 7.05 Å². The third kappa shape index (κ3) is 2.10. The molecule has 0 aromatic carbocycles. The first-order chi connectivity index (χ1) is 2.64. The smallest absolute Gasteiger partial charge is 0.235 e. The van der Waals surface area contributed by atoms with Crippen molar-refractivity contribution in [1.82, 2.24) is 5.06 Å². The molecule has 0 amide bonds. The third-order valence-electron chi connectivity index (χ3n) is 0.334. The Bertz CT molecular complexity index is 29.8. The van der Waals surface area contributed by atoms with Crippen molar-refractivity contribution in [2.24, 2.45) is 0 Å². The molecule has 38 valence electrons. The Morgan fingerprint density at radius 3 is 1.67 bits per heavy atom. The fourth-order valence-electron chi connectivity index (χ4n) is 0. The molecule has 0 heterocycles. The van der Waals surface area contributed by atoms with Crippen LogP contribution in [0.3, 0.4) is 0 Å². The van der Waals surface area contributed by atoms with Crippen LogP contribution in [-0.4, -0.2) is 33.9 Å². The van der Waals surface area contributed by atoms with Gasteiger partial charge in [0.25, 0.3) is 0 Å². The molecule has 0 aliphatic carbocycles. The summed E-state index contributed by atoms with van der Waals surface area (Å²) in [5.74, 6) is 0. The molecule has 4 heteroatoms. The van der Waals surface area contributed by atoms with Gasteiger partial charge in [0.2, 0.25) is 6.41 Å². The van der Waals surface area contributed by atoms with Crippen molar-refractivity contribution >= 4 is 0 Å². The van der Waals surface area contributed by atoms with Crippen LogP contribution >= 0.6 is 0 Å². The number of hydrogen-bond donors (Lipinski definition) is 3. The molecule has 0 aromatic heterocycles. The SMILES string of the molecule is CN(O)C(O)O. The molecule has 3 N–H and O–H groups in total. The fourth-order valence-corrected chi connectivity index (χ4v) is 0. The van der Waals surface area contributed by atoms with Crippen molar-refractivity contribution in [3.05, 3.63) is 0 Å². The number of hydroxylamine groups is 2. The molecule has 0 spiro atoms. The summed E-state index contributed by atoms with van der Waals surface area (Å²) in [5.41, 5.74) is 0. The molecular weight excluding hydrogens is 86.0 g/mol. The minimum atomic E-state index is -1.76. The molecular formula is C2H7NO3. The molecule has 0 saturated heterocycles. The first-order valence-electron chi connectivity index (χ1n) is 1.42. The first kappa shape index (κ1) is 5.84.